The number of likely N-dealkylation sites (N-methyl/N-ethyl adjacent to an activating group) is 1. The van der Waals surface area contributed by atoms with Crippen molar-refractivity contribution in [3.8, 4) is 85.9 Å². The Morgan fingerprint density at radius 1 is 0.526 bits per heavy atom. The Morgan fingerprint density at radius 2 is 1.17 bits per heavy atom. The minimum atomic E-state index is -2.41. The Balaban J connectivity index is 0.998. The van der Waals surface area contributed by atoms with E-state index in [-0.39, 0.29) is 65.7 Å². The second-order valence-electron chi connectivity index (χ2n) is 34.1. The van der Waals surface area contributed by atoms with Gasteiger partial charge in [0.25, 0.3) is 5.91 Å². The standard InChI is InChI=1S/C94H108Cl2N12O27/c1-7-8-9-10-31-128-51-20-15-45(16-21-51)42-100-76-79(116)81(118)84(92(127)99-28-12-30-108(5)6)135-93(76)134-83-65-36-49-37-66(83)131-62-26-19-48(34-57(62)95)77(114)75-91(126)105-73(86(121)98-27-11-29-107(3)4)55-38-50(110)39-64(132-94-82(119)80(117)78(115)67(43-109)133-94)68(55)54-33-46(17-24-59(54)111)71(88(123)106-75)102-89(124)72(49)103-90(125)74-56-40-53(41-61(113)69(56)96)130-63-35-47(18-25-60(63)112)70(97-2)87(122)101-58(85(120)104-74)32-44-13-22-52(129-65)23-14-44/h13-26,33-41,58,67,70-82,84,93-94,97,100,109-119H,7-12,27-32,42-43H2,1-6H3,(H,98,121)(H,99,127)(H,101,122)(H,102,124)(H,103,125)(H,104,120)(H,105,126)(H,106,123)/t58-,67-,70-,71-,72-,73+,74+,75?,76?,77-,78-,79-,80+,81?,82+,84?,93-,94+/m1/s1. The van der Waals surface area contributed by atoms with Crippen molar-refractivity contribution < 1.29 is 132 Å². The molecule has 18 atom stereocenters. The number of aliphatic hydroxyl groups is 7. The fourth-order valence-electron chi connectivity index (χ4n) is 16.6. The van der Waals surface area contributed by atoms with E-state index in [1.807, 2.05) is 23.9 Å². The van der Waals surface area contributed by atoms with Crippen LogP contribution in [0.1, 0.15) is 126 Å². The topological polar surface area (TPSA) is 560 Å². The predicted molar refractivity (Wildman–Crippen MR) is 484 cm³/mol. The molecule has 8 amide bonds. The van der Waals surface area contributed by atoms with Crippen molar-refractivity contribution in [2.24, 2.45) is 0 Å². The normalized spacial score (nSPS) is 25.1. The van der Waals surface area contributed by atoms with Crippen LogP contribution in [0.3, 0.4) is 0 Å². The van der Waals surface area contributed by atoms with Gasteiger partial charge in [-0.1, -0.05) is 91.9 Å². The van der Waals surface area contributed by atoms with Crippen molar-refractivity contribution in [1.29, 1.82) is 0 Å². The molecule has 0 radical (unpaired) electrons. The summed E-state index contributed by atoms with van der Waals surface area (Å²) in [6.45, 7) is 2.44. The number of phenols is 4. The summed E-state index contributed by atoms with van der Waals surface area (Å²) in [5.41, 5.74) is -1.80. The van der Waals surface area contributed by atoms with E-state index in [0.29, 0.717) is 49.4 Å². The molecule has 8 aliphatic heterocycles. The molecule has 2 saturated heterocycles. The van der Waals surface area contributed by atoms with Crippen molar-refractivity contribution in [2.75, 3.05) is 74.6 Å². The molecule has 0 spiro atoms. The predicted octanol–water partition coefficient (Wildman–Crippen LogP) is 4.01. The molecule has 8 heterocycles. The number of ether oxygens (including phenoxy) is 8. The van der Waals surface area contributed by atoms with Crippen LogP contribution in [0.4, 0.5) is 0 Å². The van der Waals surface area contributed by atoms with Crippen LogP contribution in [0.15, 0.2) is 140 Å². The molecule has 39 nitrogen and oxygen atoms in total. The molecule has 4 unspecified atom stereocenters. The first-order valence-corrected chi connectivity index (χ1v) is 44.7. The number of halogens is 2. The maximum absolute atomic E-state index is 17.0. The third-order valence-electron chi connectivity index (χ3n) is 23.8. The second kappa shape index (κ2) is 43.5. The van der Waals surface area contributed by atoms with Gasteiger partial charge in [-0.05, 0) is 191 Å². The first-order chi connectivity index (χ1) is 64.6. The SMILES string of the molecule is CCCCCCOc1ccc(CNC2[C@H](Oc3c4cc5cc3Oc3ccc(cc3Cl)[C@@H](O)C3NC(=O)[C@H](NC(=O)[C@@H]5NC(=O)[C@H]5NC(=O)[C@@H](Cc6ccc(cc6)O4)NC(=O)[C@H](NC)c4ccc(O)c(c4)Oc4cc(O)c(Cl)c5c4)c4ccc(O)c(c4)-c4c(O[C@H]5O[C@H](CO)[C@@H](O)[C@H](O)[C@@H]5O)cc(O)cc4[C@@H](C(=O)NCCCN(C)C)NC3=O)OC(C(=O)NCCCN(C)C)C(O)[C@@H]2O)cc1. The molecule has 17 bridgehead atoms. The zero-order chi connectivity index (χ0) is 96.5. The summed E-state index contributed by atoms with van der Waals surface area (Å²) in [5, 5.41) is 156. The molecule has 41 heteroatoms. The van der Waals surface area contributed by atoms with Crippen LogP contribution >= 0.6 is 23.2 Å². The zero-order valence-corrected chi connectivity index (χ0v) is 75.7. The van der Waals surface area contributed by atoms with Gasteiger partial charge in [-0.2, -0.15) is 0 Å². The highest BCUT2D eigenvalue weighted by molar-refractivity contribution is 6.33. The summed E-state index contributed by atoms with van der Waals surface area (Å²) in [5.74, 6) is -15.0. The number of carbonyl (C=O) groups is 8. The van der Waals surface area contributed by atoms with Crippen LogP contribution in [0.2, 0.25) is 10.0 Å². The molecular weight excluding hydrogens is 1800 g/mol. The van der Waals surface area contributed by atoms with Gasteiger partial charge in [-0.15, -0.1) is 0 Å². The highest BCUT2D eigenvalue weighted by atomic mass is 35.5. The highest BCUT2D eigenvalue weighted by Gasteiger charge is 2.51. The summed E-state index contributed by atoms with van der Waals surface area (Å²) in [7, 11) is 8.66. The lowest BCUT2D eigenvalue weighted by molar-refractivity contribution is -0.277. The van der Waals surface area contributed by atoms with Gasteiger partial charge >= 0.3 is 0 Å². The molecule has 0 saturated carbocycles. The van der Waals surface area contributed by atoms with Crippen LogP contribution in [0, 0.1) is 0 Å². The summed E-state index contributed by atoms with van der Waals surface area (Å²) < 4.78 is 51.9. The number of phenolic OH excluding ortho intramolecular Hbond substituents is 4. The Morgan fingerprint density at radius 3 is 1.86 bits per heavy atom. The van der Waals surface area contributed by atoms with E-state index in [1.54, 1.807) is 38.4 Å². The van der Waals surface area contributed by atoms with E-state index in [4.69, 9.17) is 61.1 Å². The summed E-state index contributed by atoms with van der Waals surface area (Å²) in [4.78, 5) is 130. The maximum Gasteiger partial charge on any atom is 0.252 e. The first-order valence-electron chi connectivity index (χ1n) is 43.9. The summed E-state index contributed by atoms with van der Waals surface area (Å²) in [6, 6.07) is 14.0. The van der Waals surface area contributed by atoms with Gasteiger partial charge < -0.3 is 157 Å². The first kappa shape index (κ1) is 98.6. The highest BCUT2D eigenvalue weighted by Crippen LogP contribution is 2.51. The molecule has 16 rings (SSSR count). The van der Waals surface area contributed by atoms with Gasteiger partial charge in [0.15, 0.2) is 29.1 Å². The van der Waals surface area contributed by atoms with Crippen LogP contribution in [0.5, 0.6) is 74.7 Å². The van der Waals surface area contributed by atoms with Crippen molar-refractivity contribution >= 4 is 70.5 Å². The third-order valence-corrected chi connectivity index (χ3v) is 24.5. The third kappa shape index (κ3) is 22.7. The Bertz CT molecular complexity index is 5690. The zero-order valence-electron chi connectivity index (χ0n) is 74.2. The monoisotopic (exact) mass is 1910 g/mol. The number of fused-ring (bicyclic) bond motifs is 14. The molecule has 8 aromatic rings. The van der Waals surface area contributed by atoms with E-state index in [9.17, 15) is 65.8 Å². The molecule has 720 valence electrons. The summed E-state index contributed by atoms with van der Waals surface area (Å²) >= 11 is 14.5. The number of carbonyl (C=O) groups excluding carboxylic acids is 8. The number of amides is 8. The number of hydrogen-bond donors (Lipinski definition) is 21. The largest absolute Gasteiger partial charge is 0.508 e. The van der Waals surface area contributed by atoms with Crippen LogP contribution in [0.25, 0.3) is 11.1 Å². The number of unbranched alkanes of at least 4 members (excludes halogenated alkanes) is 3. The molecule has 0 aliphatic carbocycles. The Hall–Kier alpha value is -12.4. The minimum Gasteiger partial charge on any atom is -0.508 e. The molecule has 135 heavy (non-hydrogen) atoms. The van der Waals surface area contributed by atoms with Crippen molar-refractivity contribution in [1.82, 2.24) is 63.0 Å². The minimum absolute atomic E-state index is 0.0687. The molecule has 8 aliphatic rings. The number of nitrogens with zero attached hydrogens (tertiary/aromatic N) is 2. The number of aromatic hydroxyl groups is 4. The maximum atomic E-state index is 17.0. The number of hydrogen-bond acceptors (Lipinski definition) is 31. The lowest BCUT2D eigenvalue weighted by atomic mass is 9.89. The van der Waals surface area contributed by atoms with Crippen molar-refractivity contribution in [2.45, 2.75) is 168 Å². The van der Waals surface area contributed by atoms with Gasteiger partial charge in [-0.3, -0.25) is 38.4 Å². The number of rotatable bonds is 25. The van der Waals surface area contributed by atoms with Crippen LogP contribution in [-0.4, -0.2) is 261 Å². The van der Waals surface area contributed by atoms with Gasteiger partial charge in [0.2, 0.25) is 59.7 Å². The lowest BCUT2D eigenvalue weighted by Crippen LogP contribution is -2.66. The van der Waals surface area contributed by atoms with Gasteiger partial charge in [0.05, 0.1) is 29.3 Å². The lowest BCUT2D eigenvalue weighted by Gasteiger charge is -2.42. The quantitative estimate of drug-likeness (QED) is 0.0359. The number of aliphatic hydroxyl groups excluding tert-OH is 7. The second-order valence-corrected chi connectivity index (χ2v) is 34.9. The summed E-state index contributed by atoms with van der Waals surface area (Å²) in [6.07, 6.45) is -15.8. The van der Waals surface area contributed by atoms with Gasteiger partial charge in [0.1, 0.15) is 131 Å². The van der Waals surface area contributed by atoms with Gasteiger partial charge in [-0.25, -0.2) is 0 Å². The van der Waals surface area contributed by atoms with E-state index in [2.05, 4.69) is 60.1 Å². The number of nitrogens with one attached hydrogen (secondary N) is 10. The van der Waals surface area contributed by atoms with Crippen LogP contribution < -0.4 is 81.6 Å². The number of benzene rings is 8. The molecule has 0 aromatic heterocycles. The molecule has 21 N–H and O–H groups in total. The van der Waals surface area contributed by atoms with E-state index in [0.717, 1.165) is 86.3 Å². The fraction of sp³-hybridized carbons (Fsp3) is 0.404. The van der Waals surface area contributed by atoms with Crippen LogP contribution in [-0.2, 0) is 60.8 Å². The van der Waals surface area contributed by atoms with E-state index >= 15 is 28.8 Å². The fourth-order valence-corrected chi connectivity index (χ4v) is 17.0. The Labute approximate surface area is 784 Å². The molecule has 2 fully saturated rings. The average Bonchev–Trinajstić information content (AvgIpc) is 0.756. The average molecular weight is 1910 g/mol. The smallest absolute Gasteiger partial charge is 0.252 e. The Kier molecular flexibility index (Phi) is 31.8. The molecule has 8 aromatic carbocycles. The van der Waals surface area contributed by atoms with Gasteiger partial charge in [0, 0.05) is 54.9 Å². The van der Waals surface area contributed by atoms with Crippen molar-refractivity contribution in [3.63, 3.8) is 0 Å². The van der Waals surface area contributed by atoms with E-state index < -0.39 is 247 Å². The molecular formula is C94H108Cl2N12O27. The van der Waals surface area contributed by atoms with Crippen molar-refractivity contribution in [3.05, 3.63) is 194 Å². The van der Waals surface area contributed by atoms with E-state index in [1.165, 1.54) is 61.6 Å².